The Hall–Kier alpha value is -0.100. The van der Waals surface area contributed by atoms with E-state index in [2.05, 4.69) is 65.2 Å². The van der Waals surface area contributed by atoms with Crippen LogP contribution in [0.5, 0.6) is 0 Å². The second-order valence-electron chi connectivity index (χ2n) is 4.05. The molecule has 4 heteroatoms. The number of hydrogen-bond donors (Lipinski definition) is 1. The molecule has 1 N–H and O–H groups in total. The molecule has 0 saturated heterocycles. The molecule has 1 nitrogen and oxygen atoms in total. The molecule has 0 fully saturated rings. The number of benzene rings is 1. The summed E-state index contributed by atoms with van der Waals surface area (Å²) in [7, 11) is 1.99. The Morgan fingerprint density at radius 2 is 2.11 bits per heavy atom. The maximum atomic E-state index is 6.20. The second-order valence-corrected chi connectivity index (χ2v) is 6.82. The maximum Gasteiger partial charge on any atom is 0.0669 e. The Labute approximate surface area is 131 Å². The summed E-state index contributed by atoms with van der Waals surface area (Å²) in [6.45, 7) is 2.19. The fourth-order valence-corrected chi connectivity index (χ4v) is 3.52. The first-order chi connectivity index (χ1) is 8.65. The van der Waals surface area contributed by atoms with E-state index in [1.807, 2.05) is 18.4 Å². The van der Waals surface area contributed by atoms with Crippen LogP contribution in [0.25, 0.3) is 0 Å². The number of thiophene rings is 1. The molecule has 1 heterocycles. The van der Waals surface area contributed by atoms with E-state index in [1.54, 1.807) is 0 Å². The lowest BCUT2D eigenvalue weighted by molar-refractivity contribution is 0.704. The fourth-order valence-electron chi connectivity index (χ4n) is 1.90. The van der Waals surface area contributed by atoms with Gasteiger partial charge in [0, 0.05) is 13.3 Å². The molecule has 0 amide bonds. The lowest BCUT2D eigenvalue weighted by atomic mass is 10.1. The van der Waals surface area contributed by atoms with Crippen molar-refractivity contribution in [3.63, 3.8) is 0 Å². The van der Waals surface area contributed by atoms with Crippen molar-refractivity contribution < 1.29 is 0 Å². The van der Waals surface area contributed by atoms with Crippen LogP contribution in [0.4, 0.5) is 0 Å². The summed E-state index contributed by atoms with van der Waals surface area (Å²) in [4.78, 5) is 2.76. The first-order valence-corrected chi connectivity index (χ1v) is 8.13. The summed E-state index contributed by atoms with van der Waals surface area (Å²) in [6.07, 6.45) is 1.09. The predicted molar refractivity (Wildman–Crippen MR) is 88.8 cm³/mol. The first-order valence-electron chi connectivity index (χ1n) is 5.86. The molecule has 18 heavy (non-hydrogen) atoms. The lowest BCUT2D eigenvalue weighted by Gasteiger charge is -2.15. The Morgan fingerprint density at radius 1 is 1.33 bits per heavy atom. The van der Waals surface area contributed by atoms with Gasteiger partial charge in [0.25, 0.3) is 0 Å². The van der Waals surface area contributed by atoms with Crippen LogP contribution < -0.4 is 5.32 Å². The van der Waals surface area contributed by atoms with Crippen LogP contribution in [0.3, 0.4) is 0 Å². The van der Waals surface area contributed by atoms with E-state index in [0.29, 0.717) is 0 Å². The summed E-state index contributed by atoms with van der Waals surface area (Å²) in [5.74, 6) is 0. The molecule has 0 spiro atoms. The average Bonchev–Trinajstić information content (AvgIpc) is 2.83. The topological polar surface area (TPSA) is 12.0 Å². The van der Waals surface area contributed by atoms with E-state index in [9.17, 15) is 0 Å². The van der Waals surface area contributed by atoms with Gasteiger partial charge in [-0.2, -0.15) is 0 Å². The Balaban J connectivity index is 2.35. The Bertz CT molecular complexity index is 538. The highest BCUT2D eigenvalue weighted by Crippen LogP contribution is 2.31. The quantitative estimate of drug-likeness (QED) is 0.733. The smallest absolute Gasteiger partial charge is 0.0669 e. The molecule has 1 atom stereocenters. The zero-order valence-corrected chi connectivity index (χ0v) is 14.1. The summed E-state index contributed by atoms with van der Waals surface area (Å²) >= 11 is 10.3. The molecule has 96 valence electrons. The van der Waals surface area contributed by atoms with Crippen LogP contribution in [0, 0.1) is 3.57 Å². The van der Waals surface area contributed by atoms with Gasteiger partial charge in [-0.15, -0.1) is 11.3 Å². The van der Waals surface area contributed by atoms with Gasteiger partial charge in [-0.25, -0.2) is 0 Å². The molecule has 0 aliphatic heterocycles. The van der Waals surface area contributed by atoms with Crippen molar-refractivity contribution in [3.8, 4) is 0 Å². The normalized spacial score (nSPS) is 12.7. The van der Waals surface area contributed by atoms with E-state index < -0.39 is 0 Å². The summed E-state index contributed by atoms with van der Waals surface area (Å²) < 4.78 is 1.09. The molecular weight excluding hydrogens is 377 g/mol. The standard InChI is InChI=1S/C14H15ClINS/c1-3-10-5-7-13(18-10)14(17-2)9-4-6-12(16)11(15)8-9/h4-8,14,17H,3H2,1-2H3. The molecule has 0 bridgehead atoms. The van der Waals surface area contributed by atoms with E-state index in [4.69, 9.17) is 11.6 Å². The predicted octanol–water partition coefficient (Wildman–Crippen LogP) is 4.88. The summed E-state index contributed by atoms with van der Waals surface area (Å²) in [5, 5.41) is 4.19. The molecule has 1 aromatic carbocycles. The van der Waals surface area contributed by atoms with Crippen LogP contribution in [0.15, 0.2) is 30.3 Å². The molecule has 0 saturated carbocycles. The molecule has 1 unspecified atom stereocenters. The summed E-state index contributed by atoms with van der Waals surface area (Å²) in [5.41, 5.74) is 1.22. The average molecular weight is 392 g/mol. The van der Waals surface area contributed by atoms with Gasteiger partial charge in [0.2, 0.25) is 0 Å². The highest BCUT2D eigenvalue weighted by molar-refractivity contribution is 14.1. The second kappa shape index (κ2) is 6.37. The molecule has 0 aliphatic rings. The third kappa shape index (κ3) is 3.07. The van der Waals surface area contributed by atoms with Crippen molar-refractivity contribution in [2.75, 3.05) is 7.05 Å². The Kier molecular flexibility index (Phi) is 5.06. The van der Waals surface area contributed by atoms with Crippen LogP contribution >= 0.6 is 45.5 Å². The summed E-state index contributed by atoms with van der Waals surface area (Å²) in [6, 6.07) is 10.9. The van der Waals surface area contributed by atoms with Crippen molar-refractivity contribution in [2.45, 2.75) is 19.4 Å². The van der Waals surface area contributed by atoms with Gasteiger partial charge in [0.15, 0.2) is 0 Å². The van der Waals surface area contributed by atoms with Crippen molar-refractivity contribution in [1.82, 2.24) is 5.32 Å². The number of nitrogens with one attached hydrogen (secondary N) is 1. The number of halogens is 2. The van der Waals surface area contributed by atoms with Gasteiger partial charge < -0.3 is 5.32 Å². The minimum atomic E-state index is 0.227. The minimum absolute atomic E-state index is 0.227. The fraction of sp³-hybridized carbons (Fsp3) is 0.286. The van der Waals surface area contributed by atoms with Gasteiger partial charge in [0.05, 0.1) is 11.1 Å². The third-order valence-electron chi connectivity index (χ3n) is 2.88. The Morgan fingerprint density at radius 3 is 2.67 bits per heavy atom. The first kappa shape index (κ1) is 14.3. The van der Waals surface area contributed by atoms with Crippen molar-refractivity contribution in [1.29, 1.82) is 0 Å². The van der Waals surface area contributed by atoms with Crippen LogP contribution in [-0.2, 0) is 6.42 Å². The highest BCUT2D eigenvalue weighted by Gasteiger charge is 2.15. The monoisotopic (exact) mass is 391 g/mol. The lowest BCUT2D eigenvalue weighted by Crippen LogP contribution is -2.16. The molecule has 2 rings (SSSR count). The van der Waals surface area contributed by atoms with Gasteiger partial charge in [0.1, 0.15) is 0 Å². The molecule has 1 aromatic heterocycles. The van der Waals surface area contributed by atoms with Crippen LogP contribution in [0.2, 0.25) is 5.02 Å². The van der Waals surface area contributed by atoms with Crippen molar-refractivity contribution in [2.24, 2.45) is 0 Å². The van der Waals surface area contributed by atoms with E-state index in [0.717, 1.165) is 15.0 Å². The van der Waals surface area contributed by atoms with Crippen molar-refractivity contribution >= 4 is 45.5 Å². The van der Waals surface area contributed by atoms with Gasteiger partial charge in [-0.3, -0.25) is 0 Å². The van der Waals surface area contributed by atoms with Crippen LogP contribution in [-0.4, -0.2) is 7.05 Å². The number of rotatable bonds is 4. The van der Waals surface area contributed by atoms with E-state index in [-0.39, 0.29) is 6.04 Å². The molecule has 0 radical (unpaired) electrons. The largest absolute Gasteiger partial charge is 0.309 e. The highest BCUT2D eigenvalue weighted by atomic mass is 127. The number of hydrogen-bond acceptors (Lipinski definition) is 2. The third-order valence-corrected chi connectivity index (χ3v) is 5.75. The minimum Gasteiger partial charge on any atom is -0.309 e. The zero-order valence-electron chi connectivity index (χ0n) is 10.3. The van der Waals surface area contributed by atoms with Crippen molar-refractivity contribution in [3.05, 3.63) is 54.2 Å². The van der Waals surface area contributed by atoms with Gasteiger partial charge in [-0.1, -0.05) is 24.6 Å². The van der Waals surface area contributed by atoms with E-state index in [1.165, 1.54) is 15.3 Å². The van der Waals surface area contributed by atoms with Crippen LogP contribution in [0.1, 0.15) is 28.3 Å². The molecule has 2 aromatic rings. The maximum absolute atomic E-state index is 6.20. The van der Waals surface area contributed by atoms with Gasteiger partial charge in [-0.05, 0) is 65.9 Å². The number of aryl methyl sites for hydroxylation is 1. The van der Waals surface area contributed by atoms with Gasteiger partial charge >= 0.3 is 0 Å². The molecular formula is C14H15ClINS. The molecule has 0 aliphatic carbocycles. The SMILES string of the molecule is CCc1ccc(C(NC)c2ccc(I)c(Cl)c2)s1. The zero-order chi connectivity index (χ0) is 13.1. The van der Waals surface area contributed by atoms with E-state index >= 15 is 0 Å².